The van der Waals surface area contributed by atoms with Gasteiger partial charge in [-0.1, -0.05) is 30.3 Å². The van der Waals surface area contributed by atoms with Crippen LogP contribution in [0, 0.1) is 0 Å². The number of carbonyl (C=O) groups is 1. The summed E-state index contributed by atoms with van der Waals surface area (Å²) in [4.78, 5) is 14.1. The lowest BCUT2D eigenvalue weighted by molar-refractivity contribution is -0.948. The summed E-state index contributed by atoms with van der Waals surface area (Å²) in [5, 5.41) is 3.15. The standard InChI is InChI=1S/C25H28N2O4/c1-17(26-25(28)21-10-7-13-31-21)24-20-15-23(30-3)22(29-2)14-19(20)11-12-27(24)16-18-8-5-4-6-9-18/h4-10,13-15,17,24H,11-12,16H2,1-3H3,(H,26,28)/p+1/t17-,24-/m1/s1. The average Bonchev–Trinajstić information content (AvgIpc) is 3.33. The van der Waals surface area contributed by atoms with Gasteiger partial charge in [0.15, 0.2) is 17.3 Å². The fourth-order valence-electron chi connectivity index (χ4n) is 4.56. The van der Waals surface area contributed by atoms with Crippen molar-refractivity contribution in [2.75, 3.05) is 20.8 Å². The summed E-state index contributed by atoms with van der Waals surface area (Å²) in [6, 6.07) is 18.0. The number of amides is 1. The molecule has 4 rings (SSSR count). The molecule has 0 spiro atoms. The van der Waals surface area contributed by atoms with E-state index in [1.165, 1.54) is 27.9 Å². The number of hydrogen-bond donors (Lipinski definition) is 2. The minimum atomic E-state index is -0.204. The van der Waals surface area contributed by atoms with Crippen molar-refractivity contribution >= 4 is 5.91 Å². The van der Waals surface area contributed by atoms with Crippen LogP contribution in [-0.4, -0.2) is 32.7 Å². The van der Waals surface area contributed by atoms with Crippen LogP contribution in [-0.2, 0) is 13.0 Å². The summed E-state index contributed by atoms with van der Waals surface area (Å²) in [5.41, 5.74) is 3.69. The lowest BCUT2D eigenvalue weighted by Gasteiger charge is -2.38. The van der Waals surface area contributed by atoms with Crippen molar-refractivity contribution in [2.45, 2.75) is 32.0 Å². The average molecular weight is 422 g/mol. The van der Waals surface area contributed by atoms with Gasteiger partial charge in [0.25, 0.3) is 5.91 Å². The number of fused-ring (bicyclic) bond motifs is 1. The van der Waals surface area contributed by atoms with E-state index in [1.807, 2.05) is 6.07 Å². The van der Waals surface area contributed by atoms with Crippen LogP contribution in [0.4, 0.5) is 0 Å². The minimum Gasteiger partial charge on any atom is -0.493 e. The van der Waals surface area contributed by atoms with Crippen molar-refractivity contribution < 1.29 is 23.6 Å². The predicted molar refractivity (Wildman–Crippen MR) is 118 cm³/mol. The van der Waals surface area contributed by atoms with Crippen LogP contribution in [0.1, 0.15) is 40.2 Å². The molecule has 0 fully saturated rings. The van der Waals surface area contributed by atoms with E-state index >= 15 is 0 Å². The molecule has 3 atom stereocenters. The molecular weight excluding hydrogens is 392 g/mol. The zero-order valence-corrected chi connectivity index (χ0v) is 18.2. The third-order valence-electron chi connectivity index (χ3n) is 6.01. The third kappa shape index (κ3) is 4.44. The molecule has 6 nitrogen and oxygen atoms in total. The smallest absolute Gasteiger partial charge is 0.287 e. The second-order valence-corrected chi connectivity index (χ2v) is 7.94. The normalized spacial score (nSPS) is 18.7. The molecule has 2 heterocycles. The summed E-state index contributed by atoms with van der Waals surface area (Å²) in [6.45, 7) is 3.89. The highest BCUT2D eigenvalue weighted by molar-refractivity contribution is 5.91. The van der Waals surface area contributed by atoms with E-state index in [0.29, 0.717) is 11.5 Å². The van der Waals surface area contributed by atoms with Crippen LogP contribution in [0.2, 0.25) is 0 Å². The maximum absolute atomic E-state index is 12.7. The maximum Gasteiger partial charge on any atom is 0.287 e. The second-order valence-electron chi connectivity index (χ2n) is 7.94. The first-order valence-corrected chi connectivity index (χ1v) is 10.6. The number of quaternary nitrogens is 1. The summed E-state index contributed by atoms with van der Waals surface area (Å²) >= 11 is 0. The van der Waals surface area contributed by atoms with Crippen LogP contribution in [0.3, 0.4) is 0 Å². The largest absolute Gasteiger partial charge is 0.493 e. The number of ether oxygens (including phenoxy) is 2. The van der Waals surface area contributed by atoms with Crippen LogP contribution in [0.5, 0.6) is 11.5 Å². The number of rotatable bonds is 7. The van der Waals surface area contributed by atoms with E-state index in [4.69, 9.17) is 13.9 Å². The molecule has 162 valence electrons. The van der Waals surface area contributed by atoms with Crippen molar-refractivity contribution in [3.05, 3.63) is 83.3 Å². The van der Waals surface area contributed by atoms with Gasteiger partial charge in [0.1, 0.15) is 12.6 Å². The molecule has 3 aromatic rings. The number of nitrogens with one attached hydrogen (secondary N) is 2. The third-order valence-corrected chi connectivity index (χ3v) is 6.01. The van der Waals surface area contributed by atoms with Gasteiger partial charge in [-0.05, 0) is 36.8 Å². The molecule has 1 aliphatic rings. The number of furan rings is 1. The van der Waals surface area contributed by atoms with Gasteiger partial charge in [0, 0.05) is 17.5 Å². The molecule has 1 aliphatic heterocycles. The van der Waals surface area contributed by atoms with E-state index in [0.717, 1.165) is 25.3 Å². The Labute approximate surface area is 182 Å². The van der Waals surface area contributed by atoms with Crippen molar-refractivity contribution in [3.63, 3.8) is 0 Å². The van der Waals surface area contributed by atoms with Gasteiger partial charge in [-0.3, -0.25) is 4.79 Å². The molecular formula is C25H29N2O4+. The molecule has 2 aromatic carbocycles. The van der Waals surface area contributed by atoms with Gasteiger partial charge in [-0.25, -0.2) is 0 Å². The highest BCUT2D eigenvalue weighted by Crippen LogP contribution is 2.35. The molecule has 0 radical (unpaired) electrons. The molecule has 0 saturated heterocycles. The Kier molecular flexibility index (Phi) is 6.28. The number of carbonyl (C=O) groups excluding carboxylic acids is 1. The Balaban J connectivity index is 1.68. The number of benzene rings is 2. The summed E-state index contributed by atoms with van der Waals surface area (Å²) in [5.74, 6) is 1.56. The number of methoxy groups -OCH3 is 2. The Morgan fingerprint density at radius 2 is 1.87 bits per heavy atom. The maximum atomic E-state index is 12.7. The van der Waals surface area contributed by atoms with Gasteiger partial charge in [0.2, 0.25) is 0 Å². The van der Waals surface area contributed by atoms with E-state index < -0.39 is 0 Å². The van der Waals surface area contributed by atoms with Crippen molar-refractivity contribution in [3.8, 4) is 11.5 Å². The van der Waals surface area contributed by atoms with E-state index in [-0.39, 0.29) is 18.0 Å². The molecule has 31 heavy (non-hydrogen) atoms. The van der Waals surface area contributed by atoms with Gasteiger partial charge in [-0.15, -0.1) is 0 Å². The molecule has 2 N–H and O–H groups in total. The molecule has 0 bridgehead atoms. The second kappa shape index (κ2) is 9.27. The quantitative estimate of drug-likeness (QED) is 0.616. The predicted octanol–water partition coefficient (Wildman–Crippen LogP) is 2.80. The Morgan fingerprint density at radius 3 is 2.55 bits per heavy atom. The first kappa shape index (κ1) is 21.0. The Morgan fingerprint density at radius 1 is 1.13 bits per heavy atom. The fraction of sp³-hybridized carbons (Fsp3) is 0.320. The lowest BCUT2D eigenvalue weighted by atomic mass is 9.87. The fourth-order valence-corrected chi connectivity index (χ4v) is 4.56. The minimum absolute atomic E-state index is 0.0580. The molecule has 0 aliphatic carbocycles. The van der Waals surface area contributed by atoms with E-state index in [2.05, 4.69) is 48.6 Å². The summed E-state index contributed by atoms with van der Waals surface area (Å²) < 4.78 is 16.4. The first-order chi connectivity index (χ1) is 15.1. The summed E-state index contributed by atoms with van der Waals surface area (Å²) in [7, 11) is 3.31. The van der Waals surface area contributed by atoms with Crippen molar-refractivity contribution in [1.29, 1.82) is 0 Å². The van der Waals surface area contributed by atoms with Gasteiger partial charge >= 0.3 is 0 Å². The van der Waals surface area contributed by atoms with Crippen molar-refractivity contribution in [1.82, 2.24) is 5.32 Å². The molecule has 1 amide bonds. The zero-order chi connectivity index (χ0) is 21.8. The molecule has 1 aromatic heterocycles. The van der Waals surface area contributed by atoms with Crippen LogP contribution in [0.25, 0.3) is 0 Å². The van der Waals surface area contributed by atoms with Crippen molar-refractivity contribution in [2.24, 2.45) is 0 Å². The topological polar surface area (TPSA) is 65.1 Å². The van der Waals surface area contributed by atoms with Gasteiger partial charge in [0.05, 0.1) is 33.1 Å². The summed E-state index contributed by atoms with van der Waals surface area (Å²) in [6.07, 6.45) is 2.45. The SMILES string of the molecule is COc1cc2c(cc1OC)[C@@H]([C@@H](C)NC(=O)c1ccco1)[NH+](Cc1ccccc1)CC2. The van der Waals surface area contributed by atoms with Crippen LogP contribution < -0.4 is 19.7 Å². The Bertz CT molecular complexity index is 1020. The van der Waals surface area contributed by atoms with E-state index in [1.54, 1.807) is 26.4 Å². The lowest BCUT2D eigenvalue weighted by Crippen LogP contribution is -3.13. The van der Waals surface area contributed by atoms with E-state index in [9.17, 15) is 4.79 Å². The zero-order valence-electron chi connectivity index (χ0n) is 18.2. The molecule has 6 heteroatoms. The van der Waals surface area contributed by atoms with Gasteiger partial charge in [-0.2, -0.15) is 0 Å². The van der Waals surface area contributed by atoms with Crippen LogP contribution in [0.15, 0.2) is 65.3 Å². The van der Waals surface area contributed by atoms with Crippen LogP contribution >= 0.6 is 0 Å². The highest BCUT2D eigenvalue weighted by Gasteiger charge is 2.37. The van der Waals surface area contributed by atoms with Gasteiger partial charge < -0.3 is 24.1 Å². The molecule has 1 unspecified atom stereocenters. The monoisotopic (exact) mass is 421 g/mol. The highest BCUT2D eigenvalue weighted by atomic mass is 16.5. The number of hydrogen-bond acceptors (Lipinski definition) is 4. The first-order valence-electron chi connectivity index (χ1n) is 10.6. The Hall–Kier alpha value is -3.25. The molecule has 0 saturated carbocycles.